The molecule has 1 heterocycles. The Morgan fingerprint density at radius 2 is 1.82 bits per heavy atom. The Morgan fingerprint density at radius 1 is 1.09 bits per heavy atom. The van der Waals surface area contributed by atoms with Crippen molar-refractivity contribution in [2.24, 2.45) is 0 Å². The molecule has 0 bridgehead atoms. The van der Waals surface area contributed by atoms with Gasteiger partial charge >= 0.3 is 11.9 Å². The number of hydrogen-bond donors (Lipinski definition) is 0. The highest BCUT2D eigenvalue weighted by molar-refractivity contribution is 7.16. The van der Waals surface area contributed by atoms with Crippen LogP contribution >= 0.6 is 34.5 Å². The van der Waals surface area contributed by atoms with Gasteiger partial charge in [0.2, 0.25) is 0 Å². The van der Waals surface area contributed by atoms with Crippen LogP contribution < -0.4 is 9.47 Å². The van der Waals surface area contributed by atoms with Crippen LogP contribution in [0.25, 0.3) is 0 Å². The molecule has 0 N–H and O–H groups in total. The third kappa shape index (κ3) is 3.52. The number of benzene rings is 1. The number of rotatable bonds is 4. The highest BCUT2D eigenvalue weighted by Crippen LogP contribution is 2.36. The van der Waals surface area contributed by atoms with Gasteiger partial charge in [0.25, 0.3) is 0 Å². The lowest BCUT2D eigenvalue weighted by Crippen LogP contribution is -2.11. The van der Waals surface area contributed by atoms with Crippen LogP contribution in [0.15, 0.2) is 24.3 Å². The zero-order valence-electron chi connectivity index (χ0n) is 11.5. The first-order chi connectivity index (χ1) is 10.5. The van der Waals surface area contributed by atoms with Gasteiger partial charge in [0.15, 0.2) is 15.7 Å². The Kier molecular flexibility index (Phi) is 5.28. The van der Waals surface area contributed by atoms with E-state index >= 15 is 0 Å². The van der Waals surface area contributed by atoms with Crippen LogP contribution in [0.4, 0.5) is 0 Å². The summed E-state index contributed by atoms with van der Waals surface area (Å²) in [6, 6.07) is 5.81. The summed E-state index contributed by atoms with van der Waals surface area (Å²) in [5.41, 5.74) is 0.132. The lowest BCUT2D eigenvalue weighted by atomic mass is 10.2. The van der Waals surface area contributed by atoms with Crippen molar-refractivity contribution in [1.29, 1.82) is 0 Å². The van der Waals surface area contributed by atoms with Crippen molar-refractivity contribution in [3.05, 3.63) is 44.8 Å². The average molecular weight is 361 g/mol. The maximum Gasteiger partial charge on any atom is 0.352 e. The highest BCUT2D eigenvalue weighted by atomic mass is 35.5. The predicted octanol–water partition coefficient (Wildman–Crippen LogP) is 4.07. The number of halogens is 2. The van der Waals surface area contributed by atoms with Gasteiger partial charge in [-0.2, -0.15) is 0 Å². The van der Waals surface area contributed by atoms with E-state index in [0.29, 0.717) is 10.1 Å². The summed E-state index contributed by atoms with van der Waals surface area (Å²) in [5, 5.41) is 0.957. The van der Waals surface area contributed by atoms with Crippen molar-refractivity contribution in [2.75, 3.05) is 14.2 Å². The molecule has 0 aliphatic heterocycles. The second-order valence-corrected chi connectivity index (χ2v) is 5.83. The summed E-state index contributed by atoms with van der Waals surface area (Å²) < 4.78 is 14.9. The monoisotopic (exact) mass is 360 g/mol. The minimum atomic E-state index is -0.715. The second kappa shape index (κ2) is 7.00. The van der Waals surface area contributed by atoms with E-state index < -0.39 is 11.9 Å². The molecule has 0 spiro atoms. The topological polar surface area (TPSA) is 61.8 Å². The summed E-state index contributed by atoms with van der Waals surface area (Å²) in [6.45, 7) is 0. The third-order valence-electron chi connectivity index (χ3n) is 2.60. The largest absolute Gasteiger partial charge is 0.487 e. The van der Waals surface area contributed by atoms with Crippen molar-refractivity contribution in [2.45, 2.75) is 0 Å². The Balaban J connectivity index is 2.31. The molecule has 0 radical (unpaired) electrons. The molecule has 0 saturated carbocycles. The molecule has 22 heavy (non-hydrogen) atoms. The molecule has 116 valence electrons. The molecular formula is C14H10Cl2O5S. The number of hydrogen-bond acceptors (Lipinski definition) is 6. The van der Waals surface area contributed by atoms with Gasteiger partial charge < -0.3 is 14.2 Å². The lowest BCUT2D eigenvalue weighted by molar-refractivity contribution is 0.0599. The zero-order valence-corrected chi connectivity index (χ0v) is 13.8. The fourth-order valence-electron chi connectivity index (χ4n) is 1.57. The van der Waals surface area contributed by atoms with E-state index in [2.05, 4.69) is 4.74 Å². The number of ether oxygens (including phenoxy) is 3. The number of thiophene rings is 1. The molecule has 0 saturated heterocycles. The summed E-state index contributed by atoms with van der Waals surface area (Å²) in [6.07, 6.45) is 0. The Morgan fingerprint density at radius 3 is 2.41 bits per heavy atom. The van der Waals surface area contributed by atoms with E-state index in [1.807, 2.05) is 0 Å². The van der Waals surface area contributed by atoms with E-state index in [0.717, 1.165) is 11.3 Å². The summed E-state index contributed by atoms with van der Waals surface area (Å²) in [7, 11) is 2.67. The third-order valence-corrected chi connectivity index (χ3v) is 4.21. The number of esters is 2. The fraction of sp³-hybridized carbons (Fsp3) is 0.143. The van der Waals surface area contributed by atoms with Gasteiger partial charge in [-0.25, -0.2) is 9.59 Å². The van der Waals surface area contributed by atoms with Gasteiger partial charge in [-0.05, 0) is 18.2 Å². The van der Waals surface area contributed by atoms with E-state index in [1.165, 1.54) is 38.5 Å². The number of methoxy groups -OCH3 is 2. The zero-order chi connectivity index (χ0) is 16.3. The molecule has 2 aromatic rings. The standard InChI is InChI=1S/C14H10Cl2O5S/c1-19-11-6-10(12(22-11)14(18)20-2)21-13(17)8-4-3-7(15)5-9(8)16/h3-6H,1-2H3. The molecule has 0 aliphatic carbocycles. The average Bonchev–Trinajstić information content (AvgIpc) is 2.89. The van der Waals surface area contributed by atoms with Gasteiger partial charge in [0, 0.05) is 11.1 Å². The normalized spacial score (nSPS) is 10.2. The van der Waals surface area contributed by atoms with Gasteiger partial charge in [0.05, 0.1) is 24.8 Å². The molecule has 1 aromatic heterocycles. The molecule has 0 atom stereocenters. The van der Waals surface area contributed by atoms with Crippen molar-refractivity contribution >= 4 is 46.5 Å². The first kappa shape index (κ1) is 16.6. The van der Waals surface area contributed by atoms with E-state index in [-0.39, 0.29) is 21.2 Å². The molecule has 0 unspecified atom stereocenters. The van der Waals surface area contributed by atoms with Crippen molar-refractivity contribution in [1.82, 2.24) is 0 Å². The van der Waals surface area contributed by atoms with E-state index in [4.69, 9.17) is 32.7 Å². The quantitative estimate of drug-likeness (QED) is 0.769. The maximum atomic E-state index is 12.2. The summed E-state index contributed by atoms with van der Waals surface area (Å²) in [4.78, 5) is 24.0. The van der Waals surface area contributed by atoms with Crippen LogP contribution in [-0.4, -0.2) is 26.2 Å². The first-order valence-electron chi connectivity index (χ1n) is 5.89. The summed E-state index contributed by atoms with van der Waals surface area (Å²) in [5.74, 6) is -1.30. The Labute approximate surface area is 140 Å². The predicted molar refractivity (Wildman–Crippen MR) is 83.6 cm³/mol. The van der Waals surface area contributed by atoms with Crippen LogP contribution in [-0.2, 0) is 4.74 Å². The first-order valence-corrected chi connectivity index (χ1v) is 7.47. The summed E-state index contributed by atoms with van der Waals surface area (Å²) >= 11 is 12.7. The molecule has 0 amide bonds. The molecule has 8 heteroatoms. The minimum Gasteiger partial charge on any atom is -0.487 e. The molecular weight excluding hydrogens is 351 g/mol. The molecule has 2 rings (SSSR count). The fourth-order valence-corrected chi connectivity index (χ4v) is 2.88. The van der Waals surface area contributed by atoms with Crippen LogP contribution in [0.2, 0.25) is 10.0 Å². The van der Waals surface area contributed by atoms with Crippen LogP contribution in [0.5, 0.6) is 10.8 Å². The van der Waals surface area contributed by atoms with E-state index in [9.17, 15) is 9.59 Å². The van der Waals surface area contributed by atoms with Crippen molar-refractivity contribution in [3.63, 3.8) is 0 Å². The molecule has 1 aromatic carbocycles. The van der Waals surface area contributed by atoms with Gasteiger partial charge in [0.1, 0.15) is 0 Å². The number of carbonyl (C=O) groups is 2. The molecule has 5 nitrogen and oxygen atoms in total. The van der Waals surface area contributed by atoms with Crippen molar-refractivity contribution in [3.8, 4) is 10.8 Å². The van der Waals surface area contributed by atoms with Crippen LogP contribution in [0.3, 0.4) is 0 Å². The molecule has 0 fully saturated rings. The SMILES string of the molecule is COC(=O)c1sc(OC)cc1OC(=O)c1ccc(Cl)cc1Cl. The second-order valence-electron chi connectivity index (χ2n) is 3.97. The minimum absolute atomic E-state index is 0.0460. The highest BCUT2D eigenvalue weighted by Gasteiger charge is 2.22. The van der Waals surface area contributed by atoms with Gasteiger partial charge in [-0.15, -0.1) is 0 Å². The Bertz CT molecular complexity index is 726. The maximum absolute atomic E-state index is 12.2. The molecule has 0 aliphatic rings. The van der Waals surface area contributed by atoms with E-state index in [1.54, 1.807) is 0 Å². The van der Waals surface area contributed by atoms with Gasteiger partial charge in [-0.1, -0.05) is 34.5 Å². The van der Waals surface area contributed by atoms with Crippen molar-refractivity contribution < 1.29 is 23.8 Å². The van der Waals surface area contributed by atoms with Gasteiger partial charge in [-0.3, -0.25) is 0 Å². The number of carbonyl (C=O) groups excluding carboxylic acids is 2. The lowest BCUT2D eigenvalue weighted by Gasteiger charge is -2.06. The Hall–Kier alpha value is -1.76. The smallest absolute Gasteiger partial charge is 0.352 e. The van der Waals surface area contributed by atoms with Crippen LogP contribution in [0, 0.1) is 0 Å². The van der Waals surface area contributed by atoms with Crippen LogP contribution in [0.1, 0.15) is 20.0 Å².